The molecule has 0 unspecified atom stereocenters. The lowest BCUT2D eigenvalue weighted by Gasteiger charge is -2.08. The number of methoxy groups -OCH3 is 1. The first kappa shape index (κ1) is 16.6. The van der Waals surface area contributed by atoms with E-state index < -0.39 is 11.7 Å². The molecular weight excluding hydrogens is 323 g/mol. The van der Waals surface area contributed by atoms with Crippen LogP contribution in [-0.4, -0.2) is 27.8 Å². The predicted molar refractivity (Wildman–Crippen MR) is 92.1 cm³/mol. The molecule has 1 aromatic carbocycles. The molecule has 6 nitrogen and oxygen atoms in total. The van der Waals surface area contributed by atoms with Crippen LogP contribution in [0, 0.1) is 12.7 Å². The molecule has 1 amide bonds. The van der Waals surface area contributed by atoms with Crippen molar-refractivity contribution in [3.8, 4) is 17.0 Å². The number of halogens is 1. The smallest absolute Gasteiger partial charge is 0.276 e. The van der Waals surface area contributed by atoms with Gasteiger partial charge in [0.05, 0.1) is 24.7 Å². The highest BCUT2D eigenvalue weighted by Crippen LogP contribution is 2.27. The Kier molecular flexibility index (Phi) is 4.47. The summed E-state index contributed by atoms with van der Waals surface area (Å²) in [6.45, 7) is 1.96. The van der Waals surface area contributed by atoms with E-state index >= 15 is 0 Å². The number of amides is 1. The van der Waals surface area contributed by atoms with Gasteiger partial charge in [0, 0.05) is 18.8 Å². The number of hydrogen-bond acceptors (Lipinski definition) is 4. The fourth-order valence-corrected chi connectivity index (χ4v) is 2.54. The molecule has 3 rings (SSSR count). The number of carbonyl (C=O) groups excluding carboxylic acids is 1. The van der Waals surface area contributed by atoms with Gasteiger partial charge in [0.15, 0.2) is 11.5 Å². The van der Waals surface area contributed by atoms with Crippen LogP contribution in [0.2, 0.25) is 0 Å². The van der Waals surface area contributed by atoms with Crippen LogP contribution in [0.1, 0.15) is 16.1 Å². The minimum atomic E-state index is -0.599. The number of anilines is 1. The van der Waals surface area contributed by atoms with Crippen molar-refractivity contribution in [3.05, 3.63) is 59.8 Å². The molecular formula is C18H17FN4O2. The second-order valence-corrected chi connectivity index (χ2v) is 5.53. The van der Waals surface area contributed by atoms with Gasteiger partial charge in [-0.15, -0.1) is 0 Å². The molecule has 1 N–H and O–H groups in total. The lowest BCUT2D eigenvalue weighted by molar-refractivity contribution is 0.102. The highest BCUT2D eigenvalue weighted by atomic mass is 19.1. The lowest BCUT2D eigenvalue weighted by Crippen LogP contribution is -2.14. The molecule has 0 aliphatic rings. The van der Waals surface area contributed by atoms with Crippen LogP contribution in [0.4, 0.5) is 10.1 Å². The largest absolute Gasteiger partial charge is 0.497 e. The van der Waals surface area contributed by atoms with Crippen molar-refractivity contribution >= 4 is 11.6 Å². The fourth-order valence-electron chi connectivity index (χ4n) is 2.54. The molecule has 0 aliphatic carbocycles. The minimum Gasteiger partial charge on any atom is -0.497 e. The summed E-state index contributed by atoms with van der Waals surface area (Å²) in [7, 11) is 3.36. The maximum atomic E-state index is 13.6. The van der Waals surface area contributed by atoms with Gasteiger partial charge in [-0.2, -0.15) is 5.10 Å². The Morgan fingerprint density at radius 2 is 2.08 bits per heavy atom. The summed E-state index contributed by atoms with van der Waals surface area (Å²) in [6, 6.07) is 8.74. The van der Waals surface area contributed by atoms with E-state index in [9.17, 15) is 9.18 Å². The van der Waals surface area contributed by atoms with E-state index in [1.54, 1.807) is 24.9 Å². The summed E-state index contributed by atoms with van der Waals surface area (Å²) in [5.41, 5.74) is 2.97. The van der Waals surface area contributed by atoms with Gasteiger partial charge in [0.2, 0.25) is 0 Å². The molecule has 0 radical (unpaired) electrons. The summed E-state index contributed by atoms with van der Waals surface area (Å²) >= 11 is 0. The Balaban J connectivity index is 1.90. The Morgan fingerprint density at radius 3 is 2.76 bits per heavy atom. The van der Waals surface area contributed by atoms with E-state index in [-0.39, 0.29) is 11.4 Å². The topological polar surface area (TPSA) is 69.0 Å². The molecule has 2 heterocycles. The average molecular weight is 340 g/mol. The summed E-state index contributed by atoms with van der Waals surface area (Å²) in [5, 5.41) is 6.73. The fraction of sp³-hybridized carbons (Fsp3) is 0.167. The van der Waals surface area contributed by atoms with Crippen LogP contribution in [0.5, 0.6) is 5.75 Å². The molecule has 0 aliphatic heterocycles. The monoisotopic (exact) mass is 340 g/mol. The Morgan fingerprint density at radius 1 is 1.28 bits per heavy atom. The number of ether oxygens (including phenoxy) is 1. The minimum absolute atomic E-state index is 0.0628. The molecule has 0 saturated heterocycles. The molecule has 0 saturated carbocycles. The number of nitrogens with one attached hydrogen (secondary N) is 1. The Hall–Kier alpha value is -3.22. The van der Waals surface area contributed by atoms with Crippen molar-refractivity contribution in [3.63, 3.8) is 0 Å². The summed E-state index contributed by atoms with van der Waals surface area (Å²) in [5.74, 6) is -0.328. The molecule has 2 aromatic heterocycles. The van der Waals surface area contributed by atoms with Crippen molar-refractivity contribution < 1.29 is 13.9 Å². The second kappa shape index (κ2) is 6.72. The zero-order valence-corrected chi connectivity index (χ0v) is 14.1. The summed E-state index contributed by atoms with van der Waals surface area (Å²) in [6.07, 6.45) is 2.45. The van der Waals surface area contributed by atoms with Crippen molar-refractivity contribution in [1.29, 1.82) is 0 Å². The van der Waals surface area contributed by atoms with Crippen LogP contribution in [0.25, 0.3) is 11.3 Å². The van der Waals surface area contributed by atoms with Crippen LogP contribution >= 0.6 is 0 Å². The number of rotatable bonds is 4. The number of aromatic nitrogens is 3. The zero-order chi connectivity index (χ0) is 18.0. The quantitative estimate of drug-likeness (QED) is 0.792. The van der Waals surface area contributed by atoms with E-state index in [4.69, 9.17) is 4.74 Å². The van der Waals surface area contributed by atoms with Gasteiger partial charge in [0.25, 0.3) is 5.91 Å². The summed E-state index contributed by atoms with van der Waals surface area (Å²) in [4.78, 5) is 16.0. The number of benzene rings is 1. The molecule has 0 atom stereocenters. The van der Waals surface area contributed by atoms with Crippen LogP contribution < -0.4 is 10.1 Å². The Labute approximate surface area is 144 Å². The second-order valence-electron chi connectivity index (χ2n) is 5.53. The van der Waals surface area contributed by atoms with E-state index in [0.717, 1.165) is 28.8 Å². The maximum absolute atomic E-state index is 13.6. The highest BCUT2D eigenvalue weighted by molar-refractivity contribution is 6.03. The summed E-state index contributed by atoms with van der Waals surface area (Å²) < 4.78 is 20.5. The first-order valence-corrected chi connectivity index (χ1v) is 7.59. The van der Waals surface area contributed by atoms with E-state index in [0.29, 0.717) is 0 Å². The third-order valence-electron chi connectivity index (χ3n) is 3.84. The van der Waals surface area contributed by atoms with E-state index in [1.165, 1.54) is 12.3 Å². The normalized spacial score (nSPS) is 10.6. The Bertz CT molecular complexity index is 937. The first-order chi connectivity index (χ1) is 12.0. The maximum Gasteiger partial charge on any atom is 0.276 e. The standard InChI is InChI=1S/C18H17FN4O2/c1-11-8-12(25-3)4-5-13(11)17-9-16(22-23(17)2)18(24)21-15-6-7-20-10-14(15)19/h4-10H,1-3H3,(H,20,21,24). The lowest BCUT2D eigenvalue weighted by atomic mass is 10.0. The molecule has 3 aromatic rings. The van der Waals surface area contributed by atoms with Crippen molar-refractivity contribution in [2.75, 3.05) is 12.4 Å². The van der Waals surface area contributed by atoms with E-state index in [1.807, 2.05) is 25.1 Å². The van der Waals surface area contributed by atoms with Crippen molar-refractivity contribution in [1.82, 2.24) is 14.8 Å². The van der Waals surface area contributed by atoms with Gasteiger partial charge >= 0.3 is 0 Å². The molecule has 0 fully saturated rings. The van der Waals surface area contributed by atoms with Crippen molar-refractivity contribution in [2.45, 2.75) is 6.92 Å². The first-order valence-electron chi connectivity index (χ1n) is 7.59. The van der Waals surface area contributed by atoms with Crippen LogP contribution in [0.3, 0.4) is 0 Å². The average Bonchev–Trinajstić information content (AvgIpc) is 2.98. The number of hydrogen-bond donors (Lipinski definition) is 1. The highest BCUT2D eigenvalue weighted by Gasteiger charge is 2.16. The third-order valence-corrected chi connectivity index (χ3v) is 3.84. The van der Waals surface area contributed by atoms with Crippen LogP contribution in [-0.2, 0) is 7.05 Å². The van der Waals surface area contributed by atoms with Gasteiger partial charge in [0.1, 0.15) is 5.75 Å². The van der Waals surface area contributed by atoms with Crippen molar-refractivity contribution in [2.24, 2.45) is 7.05 Å². The van der Waals surface area contributed by atoms with Gasteiger partial charge in [-0.3, -0.25) is 14.5 Å². The molecule has 0 spiro atoms. The zero-order valence-electron chi connectivity index (χ0n) is 14.1. The third kappa shape index (κ3) is 3.35. The predicted octanol–water partition coefficient (Wildman–Crippen LogP) is 3.19. The number of pyridine rings is 1. The van der Waals surface area contributed by atoms with E-state index in [2.05, 4.69) is 15.4 Å². The molecule has 128 valence electrons. The van der Waals surface area contributed by atoms with Gasteiger partial charge in [-0.1, -0.05) is 0 Å². The van der Waals surface area contributed by atoms with Crippen LogP contribution in [0.15, 0.2) is 42.7 Å². The molecule has 7 heteroatoms. The molecule has 0 bridgehead atoms. The van der Waals surface area contributed by atoms with Gasteiger partial charge in [-0.05, 0) is 42.8 Å². The van der Waals surface area contributed by atoms with Gasteiger partial charge < -0.3 is 10.1 Å². The number of nitrogens with zero attached hydrogens (tertiary/aromatic N) is 3. The van der Waals surface area contributed by atoms with Gasteiger partial charge in [-0.25, -0.2) is 4.39 Å². The SMILES string of the molecule is COc1ccc(-c2cc(C(=O)Nc3ccncc3F)nn2C)c(C)c1. The number of carbonyl (C=O) groups is 1. The number of aryl methyl sites for hydroxylation is 2. The molecule has 25 heavy (non-hydrogen) atoms.